The van der Waals surface area contributed by atoms with Gasteiger partial charge in [0.2, 0.25) is 5.82 Å². The Balaban J connectivity index is 3.31. The quantitative estimate of drug-likeness (QED) is 0.361. The van der Waals surface area contributed by atoms with Crippen molar-refractivity contribution in [2.75, 3.05) is 7.11 Å². The summed E-state index contributed by atoms with van der Waals surface area (Å²) >= 11 is 1.59. The third-order valence-corrected chi connectivity index (χ3v) is 2.44. The van der Waals surface area contributed by atoms with Crippen LogP contribution in [0.4, 0.5) is 10.1 Å². The molecule has 1 rings (SSSR count). The summed E-state index contributed by atoms with van der Waals surface area (Å²) in [7, 11) is 1.15. The molecular weight excluding hydrogens is 320 g/mol. The van der Waals surface area contributed by atoms with Gasteiger partial charge in [0.05, 0.1) is 21.2 Å². The average Bonchev–Trinajstić information content (AvgIpc) is 2.14. The smallest absolute Gasteiger partial charge is 0.337 e. The van der Waals surface area contributed by atoms with Crippen molar-refractivity contribution < 1.29 is 18.8 Å². The minimum absolute atomic E-state index is 0.0509. The summed E-state index contributed by atoms with van der Waals surface area (Å²) in [5.74, 6) is -1.78. The summed E-state index contributed by atoms with van der Waals surface area (Å²) in [6.07, 6.45) is 0. The second-order valence-electron chi connectivity index (χ2n) is 2.54. The predicted octanol–water partition coefficient (Wildman–Crippen LogP) is 2.13. The van der Waals surface area contributed by atoms with Gasteiger partial charge < -0.3 is 4.74 Å². The first-order chi connectivity index (χ1) is 6.97. The number of hydrogen-bond donors (Lipinski definition) is 0. The maximum absolute atomic E-state index is 13.2. The maximum Gasteiger partial charge on any atom is 0.337 e. The molecule has 80 valence electrons. The van der Waals surface area contributed by atoms with E-state index in [4.69, 9.17) is 0 Å². The molecule has 0 saturated heterocycles. The van der Waals surface area contributed by atoms with Crippen LogP contribution in [-0.2, 0) is 4.74 Å². The highest BCUT2D eigenvalue weighted by Gasteiger charge is 2.22. The van der Waals surface area contributed by atoms with Crippen LogP contribution in [0.3, 0.4) is 0 Å². The molecule has 0 spiro atoms. The Morgan fingerprint density at radius 3 is 2.60 bits per heavy atom. The van der Waals surface area contributed by atoms with Crippen LogP contribution in [0.1, 0.15) is 10.4 Å². The van der Waals surface area contributed by atoms with E-state index in [0.717, 1.165) is 13.2 Å². The minimum atomic E-state index is -1.05. The average molecular weight is 325 g/mol. The first kappa shape index (κ1) is 11.8. The largest absolute Gasteiger partial charge is 0.465 e. The number of ether oxygens (including phenoxy) is 1. The molecule has 0 N–H and O–H groups in total. The molecule has 0 aliphatic carbocycles. The van der Waals surface area contributed by atoms with Crippen LogP contribution in [0.15, 0.2) is 12.1 Å². The summed E-state index contributed by atoms with van der Waals surface area (Å²) in [4.78, 5) is 20.6. The van der Waals surface area contributed by atoms with Crippen molar-refractivity contribution in [1.82, 2.24) is 0 Å². The lowest BCUT2D eigenvalue weighted by molar-refractivity contribution is -0.388. The molecule has 5 nitrogen and oxygen atoms in total. The number of carbonyl (C=O) groups excluding carboxylic acids is 1. The maximum atomic E-state index is 13.2. The molecule has 0 radical (unpaired) electrons. The fourth-order valence-corrected chi connectivity index (χ4v) is 1.77. The van der Waals surface area contributed by atoms with Crippen molar-refractivity contribution >= 4 is 34.2 Å². The van der Waals surface area contributed by atoms with E-state index in [1.165, 1.54) is 6.07 Å². The Labute approximate surface area is 97.5 Å². The molecule has 0 heterocycles. The van der Waals surface area contributed by atoms with Gasteiger partial charge in [-0.2, -0.15) is 4.39 Å². The van der Waals surface area contributed by atoms with Gasteiger partial charge in [0, 0.05) is 0 Å². The normalized spacial score (nSPS) is 9.80. The standard InChI is InChI=1S/C8H5FINO4/c1-15-8(12)4-2-5(9)7(11(13)14)6(10)3-4/h2-3H,1H3. The van der Waals surface area contributed by atoms with E-state index in [9.17, 15) is 19.3 Å². The fraction of sp³-hybridized carbons (Fsp3) is 0.125. The number of hydrogen-bond acceptors (Lipinski definition) is 4. The zero-order valence-electron chi connectivity index (χ0n) is 7.49. The van der Waals surface area contributed by atoms with Crippen molar-refractivity contribution in [3.63, 3.8) is 0 Å². The van der Waals surface area contributed by atoms with E-state index in [1.54, 1.807) is 22.6 Å². The molecule has 0 aliphatic heterocycles. The van der Waals surface area contributed by atoms with Gasteiger partial charge in [-0.25, -0.2) is 4.79 Å². The van der Waals surface area contributed by atoms with Crippen LogP contribution in [-0.4, -0.2) is 18.0 Å². The van der Waals surface area contributed by atoms with Gasteiger partial charge in [0.25, 0.3) is 0 Å². The van der Waals surface area contributed by atoms with Crippen molar-refractivity contribution in [3.05, 3.63) is 37.2 Å². The second-order valence-corrected chi connectivity index (χ2v) is 3.70. The Morgan fingerprint density at radius 1 is 1.60 bits per heavy atom. The summed E-state index contributed by atoms with van der Waals surface area (Å²) < 4.78 is 17.6. The fourth-order valence-electron chi connectivity index (χ4n) is 0.976. The molecule has 15 heavy (non-hydrogen) atoms. The number of nitrogens with zero attached hydrogens (tertiary/aromatic N) is 1. The number of esters is 1. The lowest BCUT2D eigenvalue weighted by atomic mass is 10.2. The van der Waals surface area contributed by atoms with Gasteiger partial charge in [-0.3, -0.25) is 10.1 Å². The number of methoxy groups -OCH3 is 1. The molecule has 1 aromatic rings. The van der Waals surface area contributed by atoms with E-state index in [2.05, 4.69) is 4.74 Å². The SMILES string of the molecule is COC(=O)c1cc(F)c([N+](=O)[O-])c(I)c1. The highest BCUT2D eigenvalue weighted by atomic mass is 127. The lowest BCUT2D eigenvalue weighted by Crippen LogP contribution is -2.04. The van der Waals surface area contributed by atoms with Crippen LogP contribution in [0, 0.1) is 19.5 Å². The molecule has 0 aliphatic rings. The molecule has 7 heteroatoms. The molecule has 0 amide bonds. The van der Waals surface area contributed by atoms with Crippen molar-refractivity contribution in [1.29, 1.82) is 0 Å². The summed E-state index contributed by atoms with van der Waals surface area (Å²) in [5, 5.41) is 10.4. The molecule has 0 bridgehead atoms. The van der Waals surface area contributed by atoms with E-state index in [-0.39, 0.29) is 9.13 Å². The van der Waals surface area contributed by atoms with E-state index < -0.39 is 22.4 Å². The molecule has 1 aromatic carbocycles. The molecular formula is C8H5FINO4. The van der Waals surface area contributed by atoms with E-state index >= 15 is 0 Å². The van der Waals surface area contributed by atoms with Crippen LogP contribution < -0.4 is 0 Å². The molecule has 0 unspecified atom stereocenters. The zero-order chi connectivity index (χ0) is 11.6. The van der Waals surface area contributed by atoms with Crippen LogP contribution in [0.2, 0.25) is 0 Å². The van der Waals surface area contributed by atoms with Crippen molar-refractivity contribution in [2.24, 2.45) is 0 Å². The lowest BCUT2D eigenvalue weighted by Gasteiger charge is -2.01. The number of benzene rings is 1. The Kier molecular flexibility index (Phi) is 3.56. The molecule has 0 aromatic heterocycles. The Morgan fingerprint density at radius 2 is 2.20 bits per heavy atom. The Bertz CT molecular complexity index is 412. The van der Waals surface area contributed by atoms with E-state index in [1.807, 2.05) is 0 Å². The first-order valence-electron chi connectivity index (χ1n) is 3.69. The van der Waals surface area contributed by atoms with Gasteiger partial charge in [0.15, 0.2) is 0 Å². The number of nitro benzene ring substituents is 1. The molecule has 0 atom stereocenters. The third-order valence-electron chi connectivity index (χ3n) is 1.62. The molecule has 0 saturated carbocycles. The molecule has 0 fully saturated rings. The monoisotopic (exact) mass is 325 g/mol. The highest BCUT2D eigenvalue weighted by Crippen LogP contribution is 2.26. The van der Waals surface area contributed by atoms with Crippen LogP contribution in [0.5, 0.6) is 0 Å². The Hall–Kier alpha value is -1.25. The predicted molar refractivity (Wildman–Crippen MR) is 57.1 cm³/mol. The van der Waals surface area contributed by atoms with Crippen LogP contribution >= 0.6 is 22.6 Å². The number of rotatable bonds is 2. The third kappa shape index (κ3) is 2.41. The van der Waals surface area contributed by atoms with Gasteiger partial charge in [-0.05, 0) is 34.7 Å². The summed E-state index contributed by atoms with van der Waals surface area (Å²) in [6, 6.07) is 1.99. The number of halogens is 2. The van der Waals surface area contributed by atoms with Gasteiger partial charge >= 0.3 is 11.7 Å². The van der Waals surface area contributed by atoms with Gasteiger partial charge in [-0.15, -0.1) is 0 Å². The number of carbonyl (C=O) groups is 1. The van der Waals surface area contributed by atoms with Crippen molar-refractivity contribution in [2.45, 2.75) is 0 Å². The first-order valence-corrected chi connectivity index (χ1v) is 4.77. The van der Waals surface area contributed by atoms with Crippen molar-refractivity contribution in [3.8, 4) is 0 Å². The highest BCUT2D eigenvalue weighted by molar-refractivity contribution is 14.1. The summed E-state index contributed by atoms with van der Waals surface area (Å²) in [5.41, 5.74) is -0.687. The van der Waals surface area contributed by atoms with Gasteiger partial charge in [-0.1, -0.05) is 0 Å². The number of nitro groups is 1. The zero-order valence-corrected chi connectivity index (χ0v) is 9.65. The van der Waals surface area contributed by atoms with E-state index in [0.29, 0.717) is 0 Å². The second kappa shape index (κ2) is 4.51. The topological polar surface area (TPSA) is 69.4 Å². The summed E-state index contributed by atoms with van der Waals surface area (Å²) in [6.45, 7) is 0. The van der Waals surface area contributed by atoms with Crippen LogP contribution in [0.25, 0.3) is 0 Å². The minimum Gasteiger partial charge on any atom is -0.465 e. The van der Waals surface area contributed by atoms with Gasteiger partial charge in [0.1, 0.15) is 0 Å².